The van der Waals surface area contributed by atoms with Crippen LogP contribution < -0.4 is 15.4 Å². The standard InChI is InChI=1S/C20H16N2O2S/c1-11-8-16(13-3-4-17-14(9-13)5-6-21-17)12(2)7-15(11)10-18-19(23)22-20(24)25-18/h3-10,23H,1-2H3,(H,22,24)/b15-10+,16-13+. The molecule has 5 heteroatoms. The normalized spacial score (nSPS) is 14.6. The summed E-state index contributed by atoms with van der Waals surface area (Å²) in [7, 11) is 0. The Hall–Kier alpha value is -2.92. The molecule has 0 fully saturated rings. The minimum absolute atomic E-state index is 0.0784. The molecule has 0 bridgehead atoms. The molecule has 2 aromatic carbocycles. The highest BCUT2D eigenvalue weighted by atomic mass is 32.1. The van der Waals surface area contributed by atoms with E-state index in [0.717, 1.165) is 43.8 Å². The molecule has 4 nitrogen and oxygen atoms in total. The molecule has 0 saturated heterocycles. The number of aromatic amines is 1. The van der Waals surface area contributed by atoms with Gasteiger partial charge in [-0.15, -0.1) is 0 Å². The van der Waals surface area contributed by atoms with E-state index in [9.17, 15) is 9.90 Å². The van der Waals surface area contributed by atoms with Gasteiger partial charge in [-0.2, -0.15) is 0 Å². The third-order valence-electron chi connectivity index (χ3n) is 4.36. The maximum absolute atomic E-state index is 11.4. The van der Waals surface area contributed by atoms with Crippen LogP contribution >= 0.6 is 11.3 Å². The van der Waals surface area contributed by atoms with Crippen molar-refractivity contribution >= 4 is 23.5 Å². The Kier molecular flexibility index (Phi) is 3.66. The molecule has 0 atom stereocenters. The van der Waals surface area contributed by atoms with Gasteiger partial charge in [-0.05, 0) is 64.9 Å². The van der Waals surface area contributed by atoms with Gasteiger partial charge in [0.15, 0.2) is 0 Å². The van der Waals surface area contributed by atoms with Crippen LogP contribution in [0, 0.1) is 24.3 Å². The summed E-state index contributed by atoms with van der Waals surface area (Å²) < 4.78 is 0. The molecule has 2 N–H and O–H groups in total. The molecule has 2 heterocycles. The van der Waals surface area contributed by atoms with Crippen molar-refractivity contribution in [3.8, 4) is 5.88 Å². The van der Waals surface area contributed by atoms with Crippen LogP contribution in [-0.2, 0) is 0 Å². The van der Waals surface area contributed by atoms with Crippen LogP contribution in [0.5, 0.6) is 5.88 Å². The Bertz CT molecular complexity index is 1300. The van der Waals surface area contributed by atoms with Crippen molar-refractivity contribution in [3.05, 3.63) is 88.8 Å². The number of nitrogens with zero attached hydrogens (tertiary/aromatic N) is 1. The van der Waals surface area contributed by atoms with E-state index in [0.29, 0.717) is 4.88 Å². The molecule has 1 aliphatic rings. The van der Waals surface area contributed by atoms with E-state index in [-0.39, 0.29) is 10.8 Å². The zero-order valence-corrected chi connectivity index (χ0v) is 14.6. The van der Waals surface area contributed by atoms with Crippen LogP contribution in [0.2, 0.25) is 0 Å². The number of fused-ring (bicyclic) bond motifs is 1. The van der Waals surface area contributed by atoms with Crippen LogP contribution in [0.1, 0.15) is 21.6 Å². The molecule has 25 heavy (non-hydrogen) atoms. The second kappa shape index (κ2) is 5.86. The quantitative estimate of drug-likeness (QED) is 0.709. The number of rotatable bonds is 1. The Balaban J connectivity index is 1.97. The van der Waals surface area contributed by atoms with Crippen LogP contribution in [0.15, 0.2) is 46.3 Å². The summed E-state index contributed by atoms with van der Waals surface area (Å²) in [6, 6.07) is 10.5. The first-order valence-electron chi connectivity index (χ1n) is 7.91. The lowest BCUT2D eigenvalue weighted by atomic mass is 10.0. The van der Waals surface area contributed by atoms with E-state index in [1.54, 1.807) is 0 Å². The average molecular weight is 348 g/mol. The molecule has 0 radical (unpaired) electrons. The minimum atomic E-state index is -0.258. The number of hydrogen-bond acceptors (Lipinski definition) is 4. The van der Waals surface area contributed by atoms with Gasteiger partial charge >= 0.3 is 4.87 Å². The second-order valence-corrected chi connectivity index (χ2v) is 7.13. The first-order chi connectivity index (χ1) is 12.0. The monoisotopic (exact) mass is 348 g/mol. The zero-order chi connectivity index (χ0) is 17.6. The highest BCUT2D eigenvalue weighted by Crippen LogP contribution is 2.16. The molecule has 0 saturated carbocycles. The van der Waals surface area contributed by atoms with E-state index in [1.807, 2.05) is 31.3 Å². The number of benzene rings is 2. The summed E-state index contributed by atoms with van der Waals surface area (Å²) in [5, 5.41) is 14.1. The van der Waals surface area contributed by atoms with Gasteiger partial charge in [0.2, 0.25) is 5.88 Å². The van der Waals surface area contributed by atoms with Crippen molar-refractivity contribution < 1.29 is 5.11 Å². The fourth-order valence-corrected chi connectivity index (χ4v) is 3.73. The molecule has 0 unspecified atom stereocenters. The topological polar surface area (TPSA) is 65.5 Å². The Labute approximate surface area is 147 Å². The number of aryl methyl sites for hydroxylation is 2. The third-order valence-corrected chi connectivity index (χ3v) is 5.18. The van der Waals surface area contributed by atoms with Gasteiger partial charge in [0.25, 0.3) is 0 Å². The lowest BCUT2D eigenvalue weighted by Crippen LogP contribution is -2.07. The van der Waals surface area contributed by atoms with Crippen molar-refractivity contribution in [2.75, 3.05) is 0 Å². The molecule has 3 aromatic rings. The van der Waals surface area contributed by atoms with Crippen molar-refractivity contribution in [3.63, 3.8) is 0 Å². The van der Waals surface area contributed by atoms with E-state index in [2.05, 4.69) is 41.2 Å². The van der Waals surface area contributed by atoms with Gasteiger partial charge < -0.3 is 5.11 Å². The van der Waals surface area contributed by atoms with Crippen molar-refractivity contribution in [2.45, 2.75) is 13.8 Å². The average Bonchev–Trinajstić information content (AvgIpc) is 3.16. The lowest BCUT2D eigenvalue weighted by molar-refractivity contribution is 0.455. The molecule has 0 aliphatic carbocycles. The fraction of sp³-hybridized carbons (Fsp3) is 0.100. The lowest BCUT2D eigenvalue weighted by Gasteiger charge is -2.02. The minimum Gasteiger partial charge on any atom is -0.493 e. The number of hydrogen-bond donors (Lipinski definition) is 2. The highest BCUT2D eigenvalue weighted by molar-refractivity contribution is 7.10. The smallest absolute Gasteiger partial charge is 0.307 e. The Morgan fingerprint density at radius 2 is 2.00 bits per heavy atom. The van der Waals surface area contributed by atoms with E-state index in [1.165, 1.54) is 5.22 Å². The molecule has 0 spiro atoms. The molecular weight excluding hydrogens is 332 g/mol. The largest absolute Gasteiger partial charge is 0.493 e. The molecular formula is C20H16N2O2S. The maximum atomic E-state index is 11.4. The first-order valence-corrected chi connectivity index (χ1v) is 8.73. The Morgan fingerprint density at radius 3 is 2.76 bits per heavy atom. The van der Waals surface area contributed by atoms with Gasteiger partial charge in [-0.3, -0.25) is 14.8 Å². The van der Waals surface area contributed by atoms with Gasteiger partial charge in [-0.1, -0.05) is 29.5 Å². The van der Waals surface area contributed by atoms with Crippen molar-refractivity contribution in [2.24, 2.45) is 4.99 Å². The van der Waals surface area contributed by atoms with Gasteiger partial charge in [0.1, 0.15) is 0 Å². The SMILES string of the molecule is Cc1c/c(=c2/ccc3c(c2)C=CN=3)c(C)c/c1=C\c1sc(=O)[nH]c1O. The van der Waals surface area contributed by atoms with Crippen LogP contribution in [-0.4, -0.2) is 10.1 Å². The summed E-state index contributed by atoms with van der Waals surface area (Å²) in [5.41, 5.74) is 3.35. The van der Waals surface area contributed by atoms with Crippen LogP contribution in [0.25, 0.3) is 12.2 Å². The predicted octanol–water partition coefficient (Wildman–Crippen LogP) is 2.48. The number of H-pyrrole nitrogens is 1. The number of aromatic nitrogens is 1. The highest BCUT2D eigenvalue weighted by Gasteiger charge is 2.04. The molecule has 1 aromatic heterocycles. The van der Waals surface area contributed by atoms with Crippen LogP contribution in [0.3, 0.4) is 0 Å². The predicted molar refractivity (Wildman–Crippen MR) is 100 cm³/mol. The van der Waals surface area contributed by atoms with Crippen molar-refractivity contribution in [1.29, 1.82) is 0 Å². The summed E-state index contributed by atoms with van der Waals surface area (Å²) in [5.74, 6) is -0.0784. The molecule has 1 aliphatic heterocycles. The Morgan fingerprint density at radius 1 is 1.16 bits per heavy atom. The summed E-state index contributed by atoms with van der Waals surface area (Å²) in [6.07, 6.45) is 5.67. The number of nitrogens with one attached hydrogen (secondary N) is 1. The van der Waals surface area contributed by atoms with Gasteiger partial charge in [0.05, 0.1) is 10.2 Å². The molecule has 0 amide bonds. The van der Waals surface area contributed by atoms with E-state index < -0.39 is 0 Å². The first kappa shape index (κ1) is 15.6. The summed E-state index contributed by atoms with van der Waals surface area (Å²) >= 11 is 1.00. The number of aromatic hydroxyl groups is 1. The number of thiazole rings is 1. The maximum Gasteiger partial charge on any atom is 0.307 e. The van der Waals surface area contributed by atoms with Gasteiger partial charge in [-0.25, -0.2) is 0 Å². The third kappa shape index (κ3) is 2.83. The summed E-state index contributed by atoms with van der Waals surface area (Å²) in [4.78, 5) is 18.3. The second-order valence-electron chi connectivity index (χ2n) is 6.11. The van der Waals surface area contributed by atoms with Crippen LogP contribution in [0.4, 0.5) is 0 Å². The van der Waals surface area contributed by atoms with Gasteiger partial charge in [0, 0.05) is 11.8 Å². The zero-order valence-electron chi connectivity index (χ0n) is 13.8. The molecule has 124 valence electrons. The summed E-state index contributed by atoms with van der Waals surface area (Å²) in [6.45, 7) is 4.10. The van der Waals surface area contributed by atoms with E-state index >= 15 is 0 Å². The van der Waals surface area contributed by atoms with E-state index in [4.69, 9.17) is 0 Å². The fourth-order valence-electron chi connectivity index (χ4n) is 3.05. The molecule has 4 rings (SSSR count). The van der Waals surface area contributed by atoms with Crippen molar-refractivity contribution in [1.82, 2.24) is 4.98 Å².